The minimum absolute atomic E-state index is 0.204. The Hall–Kier alpha value is -3.15. The molecular weight excluding hydrogens is 342 g/mol. The summed E-state index contributed by atoms with van der Waals surface area (Å²) in [5.74, 6) is -0.204. The molecule has 2 N–H and O–H groups in total. The third kappa shape index (κ3) is 4.16. The van der Waals surface area contributed by atoms with Crippen LogP contribution in [0.2, 0.25) is 0 Å². The van der Waals surface area contributed by atoms with Crippen molar-refractivity contribution in [3.63, 3.8) is 0 Å². The molecule has 2 aromatic carbocycles. The molecule has 0 saturated carbocycles. The Labute approximate surface area is 158 Å². The van der Waals surface area contributed by atoms with Crippen molar-refractivity contribution in [2.24, 2.45) is 10.7 Å². The van der Waals surface area contributed by atoms with Gasteiger partial charge in [-0.2, -0.15) is 0 Å². The first kappa shape index (κ1) is 18.6. The Morgan fingerprint density at radius 2 is 1.81 bits per heavy atom. The third-order valence-corrected chi connectivity index (χ3v) is 4.41. The number of hydrogen-bond acceptors (Lipinski definition) is 4. The second kappa shape index (κ2) is 8.49. The molecule has 0 unspecified atom stereocenters. The van der Waals surface area contributed by atoms with Crippen LogP contribution in [0.4, 0.5) is 16.2 Å². The molecular formula is C21H23N3O3. The van der Waals surface area contributed by atoms with Crippen LogP contribution in [-0.4, -0.2) is 30.9 Å². The van der Waals surface area contributed by atoms with Crippen LogP contribution in [0, 0.1) is 0 Å². The van der Waals surface area contributed by atoms with E-state index in [9.17, 15) is 9.59 Å². The lowest BCUT2D eigenvalue weighted by atomic mass is 10.0. The number of fused-ring (bicyclic) bond motifs is 2. The Morgan fingerprint density at radius 1 is 1.11 bits per heavy atom. The molecule has 0 aromatic heterocycles. The molecule has 6 nitrogen and oxygen atoms in total. The van der Waals surface area contributed by atoms with Gasteiger partial charge in [0.1, 0.15) is 0 Å². The molecule has 1 aliphatic heterocycles. The number of carbonyl (C=O) groups excluding carboxylic acids is 2. The number of hydrogen-bond donors (Lipinski definition) is 1. The molecule has 0 aliphatic carbocycles. The van der Waals surface area contributed by atoms with Gasteiger partial charge in [-0.05, 0) is 31.0 Å². The second-order valence-electron chi connectivity index (χ2n) is 6.23. The zero-order valence-electron chi connectivity index (χ0n) is 15.4. The number of primary amides is 1. The van der Waals surface area contributed by atoms with Gasteiger partial charge in [0.2, 0.25) is 0 Å². The Morgan fingerprint density at radius 3 is 2.56 bits per heavy atom. The number of nitrogens with two attached hydrogens (primary N) is 1. The largest absolute Gasteiger partial charge is 0.466 e. The number of aliphatic imine (C=N–C) groups is 1. The number of ether oxygens (including phenoxy) is 1. The lowest BCUT2D eigenvalue weighted by molar-refractivity contribution is -0.143. The van der Waals surface area contributed by atoms with Crippen LogP contribution < -0.4 is 10.6 Å². The van der Waals surface area contributed by atoms with Crippen molar-refractivity contribution in [2.45, 2.75) is 26.2 Å². The number of anilines is 2. The zero-order valence-corrected chi connectivity index (χ0v) is 15.4. The maximum absolute atomic E-state index is 12.2. The van der Waals surface area contributed by atoms with E-state index in [-0.39, 0.29) is 5.97 Å². The normalized spacial score (nSPS) is 14.3. The molecule has 0 fully saturated rings. The molecule has 0 radical (unpaired) electrons. The first-order chi connectivity index (χ1) is 13.1. The standard InChI is InChI=1S/C21H23N3O3/c1-2-27-20(25)12-7-13-23-17-14-15-8-3-5-10-18(15)24(21(22)26)19-11-6-4-9-16(17)19/h3-6,8-11H,2,7,12-14H2,1H3,(H2,22,26). The van der Waals surface area contributed by atoms with E-state index in [1.54, 1.807) is 6.92 Å². The minimum atomic E-state index is -0.529. The summed E-state index contributed by atoms with van der Waals surface area (Å²) in [7, 11) is 0. The van der Waals surface area contributed by atoms with Crippen LogP contribution in [0.1, 0.15) is 30.9 Å². The van der Waals surface area contributed by atoms with Crippen molar-refractivity contribution in [2.75, 3.05) is 18.1 Å². The smallest absolute Gasteiger partial charge is 0.323 e. The van der Waals surface area contributed by atoms with Gasteiger partial charge in [0.25, 0.3) is 0 Å². The van der Waals surface area contributed by atoms with Crippen molar-refractivity contribution in [3.8, 4) is 0 Å². The first-order valence-electron chi connectivity index (χ1n) is 9.07. The SMILES string of the molecule is CCOC(=O)CCCN=C1Cc2ccccc2N(C(N)=O)c2ccccc21. The molecule has 6 heteroatoms. The van der Waals surface area contributed by atoms with E-state index in [1.807, 2.05) is 48.5 Å². The number of urea groups is 1. The molecule has 140 valence electrons. The van der Waals surface area contributed by atoms with E-state index >= 15 is 0 Å². The number of carbonyl (C=O) groups is 2. The number of nitrogens with zero attached hydrogens (tertiary/aromatic N) is 2. The molecule has 1 heterocycles. The van der Waals surface area contributed by atoms with Crippen molar-refractivity contribution in [3.05, 3.63) is 59.7 Å². The molecule has 0 bridgehead atoms. The predicted molar refractivity (Wildman–Crippen MR) is 106 cm³/mol. The van der Waals surface area contributed by atoms with Crippen molar-refractivity contribution < 1.29 is 14.3 Å². The van der Waals surface area contributed by atoms with Gasteiger partial charge in [0.05, 0.1) is 18.0 Å². The number of amides is 2. The highest BCUT2D eigenvalue weighted by molar-refractivity contribution is 6.13. The summed E-state index contributed by atoms with van der Waals surface area (Å²) in [6.45, 7) is 2.70. The lowest BCUT2D eigenvalue weighted by Crippen LogP contribution is -2.32. The fourth-order valence-corrected chi connectivity index (χ4v) is 3.25. The molecule has 1 aliphatic rings. The quantitative estimate of drug-likeness (QED) is 0.649. The topological polar surface area (TPSA) is 85.0 Å². The molecule has 2 amide bonds. The van der Waals surface area contributed by atoms with Crippen LogP contribution in [0.5, 0.6) is 0 Å². The summed E-state index contributed by atoms with van der Waals surface area (Å²) in [5.41, 5.74) is 9.93. The highest BCUT2D eigenvalue weighted by Gasteiger charge is 2.26. The number of para-hydroxylation sites is 2. The molecule has 27 heavy (non-hydrogen) atoms. The second-order valence-corrected chi connectivity index (χ2v) is 6.23. The first-order valence-corrected chi connectivity index (χ1v) is 9.07. The van der Waals surface area contributed by atoms with Crippen LogP contribution >= 0.6 is 0 Å². The van der Waals surface area contributed by atoms with Gasteiger partial charge < -0.3 is 10.5 Å². The summed E-state index contributed by atoms with van der Waals surface area (Å²) in [6, 6.07) is 14.8. The minimum Gasteiger partial charge on any atom is -0.466 e. The fraction of sp³-hybridized carbons (Fsp3) is 0.286. The fourth-order valence-electron chi connectivity index (χ4n) is 3.25. The van der Waals surface area contributed by atoms with Gasteiger partial charge in [-0.3, -0.25) is 14.7 Å². The molecule has 0 spiro atoms. The van der Waals surface area contributed by atoms with Crippen molar-refractivity contribution in [1.82, 2.24) is 0 Å². The van der Waals surface area contributed by atoms with Gasteiger partial charge in [-0.15, -0.1) is 0 Å². The van der Waals surface area contributed by atoms with Gasteiger partial charge in [-0.25, -0.2) is 4.79 Å². The van der Waals surface area contributed by atoms with E-state index in [4.69, 9.17) is 15.5 Å². The van der Waals surface area contributed by atoms with E-state index < -0.39 is 6.03 Å². The lowest BCUT2D eigenvalue weighted by Gasteiger charge is -2.22. The number of benzene rings is 2. The average Bonchev–Trinajstić information content (AvgIpc) is 2.80. The van der Waals surface area contributed by atoms with Gasteiger partial charge >= 0.3 is 12.0 Å². The van der Waals surface area contributed by atoms with E-state index in [1.165, 1.54) is 4.90 Å². The van der Waals surface area contributed by atoms with E-state index in [0.29, 0.717) is 32.4 Å². The van der Waals surface area contributed by atoms with Gasteiger partial charge in [0, 0.05) is 30.7 Å². The highest BCUT2D eigenvalue weighted by atomic mass is 16.5. The number of esters is 1. The maximum Gasteiger partial charge on any atom is 0.323 e. The van der Waals surface area contributed by atoms with Gasteiger partial charge in [-0.1, -0.05) is 36.4 Å². The zero-order chi connectivity index (χ0) is 19.2. The Kier molecular flexibility index (Phi) is 5.86. The maximum atomic E-state index is 12.2. The molecule has 0 saturated heterocycles. The summed E-state index contributed by atoms with van der Waals surface area (Å²) >= 11 is 0. The van der Waals surface area contributed by atoms with E-state index in [2.05, 4.69) is 0 Å². The molecule has 3 rings (SSSR count). The van der Waals surface area contributed by atoms with Crippen LogP contribution in [0.15, 0.2) is 53.5 Å². The van der Waals surface area contributed by atoms with Crippen LogP contribution in [0.25, 0.3) is 0 Å². The summed E-state index contributed by atoms with van der Waals surface area (Å²) < 4.78 is 4.95. The van der Waals surface area contributed by atoms with Crippen molar-refractivity contribution >= 4 is 29.1 Å². The monoisotopic (exact) mass is 365 g/mol. The summed E-state index contributed by atoms with van der Waals surface area (Å²) in [4.78, 5) is 30.0. The Balaban J connectivity index is 1.93. The Bertz CT molecular complexity index is 876. The highest BCUT2D eigenvalue weighted by Crippen LogP contribution is 2.35. The van der Waals surface area contributed by atoms with Crippen molar-refractivity contribution in [1.29, 1.82) is 0 Å². The average molecular weight is 365 g/mol. The summed E-state index contributed by atoms with van der Waals surface area (Å²) in [6.07, 6.45) is 1.55. The van der Waals surface area contributed by atoms with Crippen LogP contribution in [-0.2, 0) is 16.0 Å². The van der Waals surface area contributed by atoms with E-state index in [0.717, 1.165) is 28.2 Å². The number of rotatable bonds is 5. The van der Waals surface area contributed by atoms with Gasteiger partial charge in [0.15, 0.2) is 0 Å². The third-order valence-electron chi connectivity index (χ3n) is 4.41. The van der Waals surface area contributed by atoms with Crippen LogP contribution in [0.3, 0.4) is 0 Å². The summed E-state index contributed by atoms with van der Waals surface area (Å²) in [5, 5.41) is 0. The molecule has 0 atom stereocenters. The molecule has 2 aromatic rings. The predicted octanol–water partition coefficient (Wildman–Crippen LogP) is 3.59.